The zero-order chi connectivity index (χ0) is 11.5. The molecule has 0 aliphatic carbocycles. The van der Waals surface area contributed by atoms with E-state index in [0.717, 1.165) is 16.7 Å². The van der Waals surface area contributed by atoms with Crippen LogP contribution in [-0.2, 0) is 0 Å². The van der Waals surface area contributed by atoms with E-state index in [4.69, 9.17) is 5.73 Å². The summed E-state index contributed by atoms with van der Waals surface area (Å²) in [5.41, 5.74) is 8.52. The molecule has 0 unspecified atom stereocenters. The van der Waals surface area contributed by atoms with Gasteiger partial charge >= 0.3 is 0 Å². The molecular formula is C14H12NO. The highest BCUT2D eigenvalue weighted by atomic mass is 16.1. The van der Waals surface area contributed by atoms with Crippen molar-refractivity contribution in [1.29, 1.82) is 0 Å². The molecule has 0 aromatic heterocycles. The van der Waals surface area contributed by atoms with E-state index in [9.17, 15) is 4.79 Å². The molecule has 1 amide bonds. The molecule has 0 heterocycles. The largest absolute Gasteiger partial charge is 0.366 e. The van der Waals surface area contributed by atoms with E-state index < -0.39 is 5.91 Å². The van der Waals surface area contributed by atoms with Crippen molar-refractivity contribution in [3.8, 4) is 11.1 Å². The van der Waals surface area contributed by atoms with Gasteiger partial charge in [-0.05, 0) is 29.7 Å². The molecule has 79 valence electrons. The highest BCUT2D eigenvalue weighted by Crippen LogP contribution is 2.23. The van der Waals surface area contributed by atoms with Gasteiger partial charge in [-0.25, -0.2) is 0 Å². The maximum Gasteiger partial charge on any atom is 0.249 e. The second-order valence-corrected chi connectivity index (χ2v) is 3.66. The summed E-state index contributed by atoms with van der Waals surface area (Å²) in [6, 6.07) is 16.5. The van der Waals surface area contributed by atoms with Gasteiger partial charge in [0.15, 0.2) is 0 Å². The number of primary amides is 1. The summed E-state index contributed by atoms with van der Waals surface area (Å²) in [6.07, 6.45) is 0. The van der Waals surface area contributed by atoms with E-state index in [1.807, 2.05) is 49.4 Å². The molecule has 1 radical (unpaired) electrons. The van der Waals surface area contributed by atoms with E-state index in [1.165, 1.54) is 0 Å². The van der Waals surface area contributed by atoms with Crippen LogP contribution in [0.5, 0.6) is 0 Å². The average molecular weight is 210 g/mol. The molecule has 2 rings (SSSR count). The highest BCUT2D eigenvalue weighted by Gasteiger charge is 2.09. The summed E-state index contributed by atoms with van der Waals surface area (Å²) >= 11 is 0. The molecule has 0 saturated heterocycles. The van der Waals surface area contributed by atoms with E-state index in [1.54, 1.807) is 0 Å². The predicted molar refractivity (Wildman–Crippen MR) is 64.0 cm³/mol. The van der Waals surface area contributed by atoms with Gasteiger partial charge < -0.3 is 5.73 Å². The number of carbonyl (C=O) groups excluding carboxylic acids is 1. The number of nitrogens with two attached hydrogens (primary N) is 1. The maximum atomic E-state index is 11.3. The predicted octanol–water partition coefficient (Wildman–Crippen LogP) is 2.56. The van der Waals surface area contributed by atoms with Crippen molar-refractivity contribution in [2.75, 3.05) is 0 Å². The molecule has 2 N–H and O–H groups in total. The summed E-state index contributed by atoms with van der Waals surface area (Å²) in [7, 11) is 0. The lowest BCUT2D eigenvalue weighted by Gasteiger charge is -2.07. The van der Waals surface area contributed by atoms with Crippen molar-refractivity contribution in [2.24, 2.45) is 5.73 Å². The van der Waals surface area contributed by atoms with E-state index in [0.29, 0.717) is 5.56 Å². The Hall–Kier alpha value is -2.09. The van der Waals surface area contributed by atoms with Crippen molar-refractivity contribution in [3.63, 3.8) is 0 Å². The van der Waals surface area contributed by atoms with Gasteiger partial charge in [0.1, 0.15) is 0 Å². The van der Waals surface area contributed by atoms with Gasteiger partial charge in [0.2, 0.25) is 5.91 Å². The quantitative estimate of drug-likeness (QED) is 0.813. The third-order valence-electron chi connectivity index (χ3n) is 2.42. The Morgan fingerprint density at radius 3 is 2.44 bits per heavy atom. The molecule has 0 fully saturated rings. The maximum absolute atomic E-state index is 11.3. The minimum Gasteiger partial charge on any atom is -0.366 e. The van der Waals surface area contributed by atoms with Crippen molar-refractivity contribution in [3.05, 3.63) is 59.7 Å². The summed E-state index contributed by atoms with van der Waals surface area (Å²) in [5.74, 6) is -0.442. The third kappa shape index (κ3) is 1.96. The third-order valence-corrected chi connectivity index (χ3v) is 2.42. The summed E-state index contributed by atoms with van der Waals surface area (Å²) in [5, 5.41) is 0. The standard InChI is InChI=1S/C14H12NO/c1-10-7-8-12(13(9-10)14(15)16)11-5-3-2-4-6-11/h2-8H,1H3,(H2,15,16). The molecule has 2 heteroatoms. The van der Waals surface area contributed by atoms with Crippen LogP contribution in [-0.4, -0.2) is 5.91 Å². The fraction of sp³-hybridized carbons (Fsp3) is 0.0714. The molecule has 16 heavy (non-hydrogen) atoms. The summed E-state index contributed by atoms with van der Waals surface area (Å²) in [4.78, 5) is 11.3. The van der Waals surface area contributed by atoms with Crippen LogP contribution in [0, 0.1) is 13.0 Å². The van der Waals surface area contributed by atoms with Gasteiger partial charge in [-0.2, -0.15) is 0 Å². The average Bonchev–Trinajstić information content (AvgIpc) is 2.30. The SMILES string of the molecule is Cc1[c]c(C(N)=O)c(-c2ccccc2)cc1. The summed E-state index contributed by atoms with van der Waals surface area (Å²) in [6.45, 7) is 1.89. The van der Waals surface area contributed by atoms with Gasteiger partial charge in [0.25, 0.3) is 0 Å². The normalized spacial score (nSPS) is 10.1. The minimum atomic E-state index is -0.442. The van der Waals surface area contributed by atoms with Crippen molar-refractivity contribution in [1.82, 2.24) is 0 Å². The number of hydrogen-bond acceptors (Lipinski definition) is 1. The Morgan fingerprint density at radius 1 is 1.12 bits per heavy atom. The van der Waals surface area contributed by atoms with E-state index in [-0.39, 0.29) is 0 Å². The number of aryl methyl sites for hydroxylation is 1. The van der Waals surface area contributed by atoms with Crippen LogP contribution in [0.25, 0.3) is 11.1 Å². The first-order valence-corrected chi connectivity index (χ1v) is 5.06. The Bertz CT molecular complexity index is 518. The molecule has 0 aliphatic rings. The smallest absolute Gasteiger partial charge is 0.249 e. The lowest BCUT2D eigenvalue weighted by atomic mass is 9.97. The van der Waals surface area contributed by atoms with Crippen molar-refractivity contribution < 1.29 is 4.79 Å². The van der Waals surface area contributed by atoms with Gasteiger partial charge in [-0.15, -0.1) is 0 Å². The zero-order valence-electron chi connectivity index (χ0n) is 9.03. The molecule has 2 aromatic carbocycles. The monoisotopic (exact) mass is 210 g/mol. The molecule has 0 atom stereocenters. The molecule has 0 aliphatic heterocycles. The lowest BCUT2D eigenvalue weighted by molar-refractivity contribution is 0.100. The minimum absolute atomic E-state index is 0.442. The van der Waals surface area contributed by atoms with Crippen LogP contribution in [0.15, 0.2) is 42.5 Å². The first-order chi connectivity index (χ1) is 7.68. The zero-order valence-corrected chi connectivity index (χ0v) is 9.03. The first-order valence-electron chi connectivity index (χ1n) is 5.06. The Balaban J connectivity index is 2.61. The van der Waals surface area contributed by atoms with Crippen LogP contribution in [0.3, 0.4) is 0 Å². The number of benzene rings is 2. The molecule has 2 nitrogen and oxygen atoms in total. The number of hydrogen-bond donors (Lipinski definition) is 1. The molecule has 0 saturated carbocycles. The van der Waals surface area contributed by atoms with Crippen LogP contribution in [0.2, 0.25) is 0 Å². The van der Waals surface area contributed by atoms with Crippen LogP contribution < -0.4 is 5.73 Å². The van der Waals surface area contributed by atoms with Crippen LogP contribution in [0.1, 0.15) is 15.9 Å². The van der Waals surface area contributed by atoms with Gasteiger partial charge in [0, 0.05) is 0 Å². The van der Waals surface area contributed by atoms with Crippen LogP contribution >= 0.6 is 0 Å². The molecule has 0 spiro atoms. The Morgan fingerprint density at radius 2 is 1.81 bits per heavy atom. The second-order valence-electron chi connectivity index (χ2n) is 3.66. The van der Waals surface area contributed by atoms with Gasteiger partial charge in [0.05, 0.1) is 5.56 Å². The lowest BCUT2D eigenvalue weighted by Crippen LogP contribution is -2.12. The number of amides is 1. The number of rotatable bonds is 2. The van der Waals surface area contributed by atoms with Crippen molar-refractivity contribution >= 4 is 5.91 Å². The van der Waals surface area contributed by atoms with Gasteiger partial charge in [-0.3, -0.25) is 4.79 Å². The fourth-order valence-corrected chi connectivity index (χ4v) is 1.65. The Labute approximate surface area is 94.7 Å². The molecule has 0 bridgehead atoms. The van der Waals surface area contributed by atoms with Crippen molar-refractivity contribution in [2.45, 2.75) is 6.92 Å². The summed E-state index contributed by atoms with van der Waals surface area (Å²) < 4.78 is 0. The van der Waals surface area contributed by atoms with E-state index in [2.05, 4.69) is 6.07 Å². The van der Waals surface area contributed by atoms with Crippen LogP contribution in [0.4, 0.5) is 0 Å². The Kier molecular flexibility index (Phi) is 2.73. The van der Waals surface area contributed by atoms with Gasteiger partial charge in [-0.1, -0.05) is 42.5 Å². The topological polar surface area (TPSA) is 43.1 Å². The molecular weight excluding hydrogens is 198 g/mol. The fourth-order valence-electron chi connectivity index (χ4n) is 1.65. The second kappa shape index (κ2) is 4.19. The number of carbonyl (C=O) groups is 1. The molecule has 2 aromatic rings. The highest BCUT2D eigenvalue weighted by molar-refractivity contribution is 5.99. The van der Waals surface area contributed by atoms with E-state index >= 15 is 0 Å². The first kappa shape index (κ1) is 10.4.